The fourth-order valence-electron chi connectivity index (χ4n) is 2.80. The zero-order valence-electron chi connectivity index (χ0n) is 16.1. The molecule has 2 aromatic carbocycles. The van der Waals surface area contributed by atoms with Crippen molar-refractivity contribution < 1.29 is 14.6 Å². The van der Waals surface area contributed by atoms with Crippen LogP contribution in [0.3, 0.4) is 0 Å². The van der Waals surface area contributed by atoms with Crippen LogP contribution in [0.4, 0.5) is 5.69 Å². The van der Waals surface area contributed by atoms with Crippen molar-refractivity contribution in [2.45, 2.75) is 18.5 Å². The van der Waals surface area contributed by atoms with Gasteiger partial charge < -0.3 is 15.2 Å². The summed E-state index contributed by atoms with van der Waals surface area (Å²) in [5, 5.41) is 13.2. The lowest BCUT2D eigenvalue weighted by atomic mass is 10.2. The van der Waals surface area contributed by atoms with E-state index >= 15 is 0 Å². The molecular weight excluding hydrogens is 390 g/mol. The number of benzene rings is 2. The summed E-state index contributed by atoms with van der Waals surface area (Å²) in [6, 6.07) is 16.1. The van der Waals surface area contributed by atoms with Crippen LogP contribution in [0.2, 0.25) is 0 Å². The van der Waals surface area contributed by atoms with Gasteiger partial charge in [-0.25, -0.2) is 0 Å². The molecule has 0 aliphatic rings. The van der Waals surface area contributed by atoms with E-state index in [1.54, 1.807) is 37.3 Å². The number of hydrogen-bond acceptors (Lipinski definition) is 6. The van der Waals surface area contributed by atoms with Gasteiger partial charge in [0, 0.05) is 0 Å². The van der Waals surface area contributed by atoms with Gasteiger partial charge in [0.1, 0.15) is 5.75 Å². The van der Waals surface area contributed by atoms with Crippen molar-refractivity contribution in [3.05, 3.63) is 70.5 Å². The number of para-hydroxylation sites is 3. The second-order valence-corrected chi connectivity index (χ2v) is 7.01. The van der Waals surface area contributed by atoms with E-state index in [1.165, 1.54) is 11.7 Å². The number of hydrogen-bond donors (Lipinski definition) is 2. The average Bonchev–Trinajstić information content (AvgIpc) is 2.73. The van der Waals surface area contributed by atoms with Crippen molar-refractivity contribution in [2.24, 2.45) is 0 Å². The molecule has 0 fully saturated rings. The van der Waals surface area contributed by atoms with Gasteiger partial charge in [0.2, 0.25) is 11.8 Å². The second kappa shape index (κ2) is 9.29. The summed E-state index contributed by atoms with van der Waals surface area (Å²) >= 11 is 1.07. The Morgan fingerprint density at radius 1 is 1.17 bits per heavy atom. The molecule has 3 aromatic rings. The molecule has 0 unspecified atom stereocenters. The lowest BCUT2D eigenvalue weighted by Gasteiger charge is -2.14. The highest BCUT2D eigenvalue weighted by atomic mass is 32.2. The van der Waals surface area contributed by atoms with Crippen LogP contribution in [0.1, 0.15) is 12.5 Å². The third-order valence-electron chi connectivity index (χ3n) is 4.21. The van der Waals surface area contributed by atoms with Gasteiger partial charge in [-0.1, -0.05) is 49.0 Å². The van der Waals surface area contributed by atoms with Gasteiger partial charge in [-0.15, -0.1) is 0 Å². The maximum absolute atomic E-state index is 12.9. The summed E-state index contributed by atoms with van der Waals surface area (Å²) in [5.41, 5.74) is 1.06. The molecule has 0 saturated heterocycles. The molecule has 150 valence electrons. The fourth-order valence-corrected chi connectivity index (χ4v) is 3.60. The van der Waals surface area contributed by atoms with Crippen molar-refractivity contribution in [3.63, 3.8) is 0 Å². The first-order valence-corrected chi connectivity index (χ1v) is 9.99. The maximum atomic E-state index is 12.9. The molecule has 0 bridgehead atoms. The zero-order chi connectivity index (χ0) is 20.8. The lowest BCUT2D eigenvalue weighted by Crippen LogP contribution is -2.25. The molecule has 3 rings (SSSR count). The summed E-state index contributed by atoms with van der Waals surface area (Å²) in [5.74, 6) is -0.0396. The third kappa shape index (κ3) is 4.60. The van der Waals surface area contributed by atoms with Gasteiger partial charge in [0.25, 0.3) is 5.56 Å². The van der Waals surface area contributed by atoms with E-state index in [1.807, 2.05) is 24.3 Å². The Morgan fingerprint density at radius 3 is 2.55 bits per heavy atom. The van der Waals surface area contributed by atoms with Gasteiger partial charge >= 0.3 is 0 Å². The molecule has 1 aromatic heterocycles. The highest BCUT2D eigenvalue weighted by molar-refractivity contribution is 7.99. The van der Waals surface area contributed by atoms with Crippen molar-refractivity contribution in [2.75, 3.05) is 18.2 Å². The average molecular weight is 411 g/mol. The van der Waals surface area contributed by atoms with Crippen molar-refractivity contribution in [3.8, 4) is 17.3 Å². The van der Waals surface area contributed by atoms with Gasteiger partial charge in [-0.05, 0) is 30.7 Å². The number of nitrogens with one attached hydrogen (secondary N) is 1. The predicted molar refractivity (Wildman–Crippen MR) is 113 cm³/mol. The molecule has 7 nitrogen and oxygen atoms in total. The Bertz CT molecular complexity index is 1070. The molecule has 0 saturated carbocycles. The van der Waals surface area contributed by atoms with E-state index in [0.29, 0.717) is 23.5 Å². The molecule has 8 heteroatoms. The zero-order valence-corrected chi connectivity index (χ0v) is 16.9. The quantitative estimate of drug-likeness (QED) is 0.458. The minimum atomic E-state index is -0.348. The van der Waals surface area contributed by atoms with Crippen LogP contribution >= 0.6 is 11.8 Å². The Hall–Kier alpha value is -3.26. The van der Waals surface area contributed by atoms with Gasteiger partial charge in [-0.2, -0.15) is 4.98 Å². The summed E-state index contributed by atoms with van der Waals surface area (Å²) in [7, 11) is 1.53. The fraction of sp³-hybridized carbons (Fsp3) is 0.190. The number of anilines is 1. The lowest BCUT2D eigenvalue weighted by molar-refractivity contribution is -0.113. The first kappa shape index (κ1) is 20.5. The number of nitrogens with zero attached hydrogens (tertiary/aromatic N) is 2. The molecule has 1 amide bonds. The molecule has 1 heterocycles. The monoisotopic (exact) mass is 411 g/mol. The number of aromatic hydroxyl groups is 1. The molecule has 2 N–H and O–H groups in total. The Morgan fingerprint density at radius 2 is 1.86 bits per heavy atom. The number of rotatable bonds is 7. The van der Waals surface area contributed by atoms with E-state index in [4.69, 9.17) is 4.74 Å². The number of ether oxygens (including phenoxy) is 1. The highest BCUT2D eigenvalue weighted by Crippen LogP contribution is 2.25. The second-order valence-electron chi connectivity index (χ2n) is 6.06. The minimum Gasteiger partial charge on any atom is -0.495 e. The van der Waals surface area contributed by atoms with Crippen molar-refractivity contribution in [1.82, 2.24) is 9.55 Å². The van der Waals surface area contributed by atoms with E-state index in [2.05, 4.69) is 10.3 Å². The molecule has 0 radical (unpaired) electrons. The number of carbonyl (C=O) groups excluding carboxylic acids is 1. The van der Waals surface area contributed by atoms with Crippen molar-refractivity contribution in [1.29, 1.82) is 0 Å². The summed E-state index contributed by atoms with van der Waals surface area (Å²) in [6.07, 6.45) is 0.351. The SMILES string of the molecule is CCc1c(O)nc(SCC(=O)Nc2ccccc2OC)n(-c2ccccc2)c1=O. The van der Waals surface area contributed by atoms with Crippen LogP contribution in [0, 0.1) is 0 Å². The van der Waals surface area contributed by atoms with Gasteiger partial charge in [0.15, 0.2) is 5.16 Å². The van der Waals surface area contributed by atoms with Crippen LogP contribution in [-0.2, 0) is 11.2 Å². The number of thioether (sulfide) groups is 1. The van der Waals surface area contributed by atoms with E-state index < -0.39 is 0 Å². The Balaban J connectivity index is 1.87. The highest BCUT2D eigenvalue weighted by Gasteiger charge is 2.18. The number of aromatic nitrogens is 2. The van der Waals surface area contributed by atoms with Crippen LogP contribution in [0.5, 0.6) is 11.6 Å². The van der Waals surface area contributed by atoms with E-state index in [-0.39, 0.29) is 33.8 Å². The van der Waals surface area contributed by atoms with Gasteiger partial charge in [-0.3, -0.25) is 14.2 Å². The Labute approximate surface area is 172 Å². The molecule has 29 heavy (non-hydrogen) atoms. The van der Waals surface area contributed by atoms with Crippen LogP contribution in [0.15, 0.2) is 64.5 Å². The standard InChI is InChI=1S/C21H21N3O4S/c1-3-15-19(26)23-21(24(20(15)27)14-9-5-4-6-10-14)29-13-18(25)22-16-11-7-8-12-17(16)28-2/h4-12,26H,3,13H2,1-2H3,(H,22,25). The van der Waals surface area contributed by atoms with Gasteiger partial charge in [0.05, 0.1) is 29.8 Å². The molecule has 0 atom stereocenters. The molecule has 0 aliphatic heterocycles. The van der Waals surface area contributed by atoms with Crippen LogP contribution < -0.4 is 15.6 Å². The maximum Gasteiger partial charge on any atom is 0.265 e. The first-order chi connectivity index (χ1) is 14.0. The summed E-state index contributed by atoms with van der Waals surface area (Å²) in [6.45, 7) is 1.78. The van der Waals surface area contributed by atoms with E-state index in [9.17, 15) is 14.7 Å². The number of carbonyl (C=O) groups is 1. The first-order valence-electron chi connectivity index (χ1n) is 9.01. The third-order valence-corrected chi connectivity index (χ3v) is 5.14. The smallest absolute Gasteiger partial charge is 0.265 e. The topological polar surface area (TPSA) is 93.4 Å². The van der Waals surface area contributed by atoms with Crippen molar-refractivity contribution >= 4 is 23.4 Å². The number of amides is 1. The molecular formula is C21H21N3O4S. The minimum absolute atomic E-state index is 0.00222. The summed E-state index contributed by atoms with van der Waals surface area (Å²) < 4.78 is 6.65. The largest absolute Gasteiger partial charge is 0.495 e. The normalized spacial score (nSPS) is 10.6. The van der Waals surface area contributed by atoms with Crippen LogP contribution in [0.25, 0.3) is 5.69 Å². The molecule has 0 aliphatic carbocycles. The van der Waals surface area contributed by atoms with E-state index in [0.717, 1.165) is 11.8 Å². The predicted octanol–water partition coefficient (Wildman–Crippen LogP) is 3.24. The summed E-state index contributed by atoms with van der Waals surface area (Å²) in [4.78, 5) is 29.5. The molecule has 0 spiro atoms. The van der Waals surface area contributed by atoms with Crippen LogP contribution in [-0.4, -0.2) is 33.4 Å². The number of methoxy groups -OCH3 is 1. The Kier molecular flexibility index (Phi) is 6.56.